The summed E-state index contributed by atoms with van der Waals surface area (Å²) in [4.78, 5) is 0. The lowest BCUT2D eigenvalue weighted by Gasteiger charge is -2.14. The monoisotopic (exact) mass is 169 g/mol. The maximum Gasteiger partial charge on any atom is 0.391 e. The summed E-state index contributed by atoms with van der Waals surface area (Å²) < 4.78 is 35.5. The van der Waals surface area contributed by atoms with Crippen LogP contribution >= 0.6 is 0 Å². The van der Waals surface area contributed by atoms with E-state index in [1.165, 1.54) is 6.92 Å². The minimum atomic E-state index is -4.03. The fraction of sp³-hybridized carbons (Fsp3) is 1.00. The van der Waals surface area contributed by atoms with Crippen LogP contribution in [0.5, 0.6) is 0 Å². The normalized spacial score (nSPS) is 15.0. The first-order valence-electron chi connectivity index (χ1n) is 3.76. The molecule has 68 valence electrons. The summed E-state index contributed by atoms with van der Waals surface area (Å²) in [6.07, 6.45) is -3.87. The van der Waals surface area contributed by atoms with Gasteiger partial charge in [-0.05, 0) is 19.5 Å². The van der Waals surface area contributed by atoms with E-state index < -0.39 is 12.1 Å². The average molecular weight is 169 g/mol. The minimum Gasteiger partial charge on any atom is -0.317 e. The highest BCUT2D eigenvalue weighted by Crippen LogP contribution is 2.27. The summed E-state index contributed by atoms with van der Waals surface area (Å²) in [5.74, 6) is -1.19. The molecule has 0 aliphatic carbocycles. The molecule has 0 amide bonds. The third kappa shape index (κ3) is 5.07. The summed E-state index contributed by atoms with van der Waals surface area (Å²) in [6, 6.07) is 0. The molecule has 0 radical (unpaired) electrons. The van der Waals surface area contributed by atoms with Gasteiger partial charge in [0, 0.05) is 0 Å². The van der Waals surface area contributed by atoms with Gasteiger partial charge in [0.05, 0.1) is 5.92 Å². The molecule has 0 aromatic heterocycles. The number of rotatable bonds is 4. The van der Waals surface area contributed by atoms with Gasteiger partial charge < -0.3 is 5.32 Å². The minimum absolute atomic E-state index is 0.164. The van der Waals surface area contributed by atoms with Gasteiger partial charge in [-0.3, -0.25) is 0 Å². The lowest BCUT2D eigenvalue weighted by atomic mass is 10.1. The molecule has 0 heterocycles. The van der Waals surface area contributed by atoms with Crippen molar-refractivity contribution in [3.63, 3.8) is 0 Å². The molecule has 1 unspecified atom stereocenters. The van der Waals surface area contributed by atoms with E-state index >= 15 is 0 Å². The van der Waals surface area contributed by atoms with Gasteiger partial charge in [0.25, 0.3) is 0 Å². The summed E-state index contributed by atoms with van der Waals surface area (Å²) in [5, 5.41) is 2.85. The first kappa shape index (κ1) is 10.8. The van der Waals surface area contributed by atoms with Gasteiger partial charge in [0.1, 0.15) is 0 Å². The Bertz CT molecular complexity index is 100. The zero-order chi connectivity index (χ0) is 8.91. The zero-order valence-electron chi connectivity index (χ0n) is 6.83. The first-order chi connectivity index (χ1) is 4.98. The SMILES string of the molecule is CCNCCC(C)C(F)(F)F. The Morgan fingerprint density at radius 1 is 1.36 bits per heavy atom. The molecule has 0 aromatic carbocycles. The average Bonchev–Trinajstić information content (AvgIpc) is 1.86. The summed E-state index contributed by atoms with van der Waals surface area (Å²) in [6.45, 7) is 4.25. The molecule has 1 atom stereocenters. The largest absolute Gasteiger partial charge is 0.391 e. The van der Waals surface area contributed by atoms with Crippen LogP contribution in [-0.2, 0) is 0 Å². The van der Waals surface area contributed by atoms with Crippen LogP contribution in [0, 0.1) is 5.92 Å². The van der Waals surface area contributed by atoms with Crippen LogP contribution in [-0.4, -0.2) is 19.3 Å². The Morgan fingerprint density at radius 2 is 1.91 bits per heavy atom. The van der Waals surface area contributed by atoms with Crippen LogP contribution in [0.4, 0.5) is 13.2 Å². The standard InChI is InChI=1S/C7H14F3N/c1-3-11-5-4-6(2)7(8,9)10/h6,11H,3-5H2,1-2H3. The van der Waals surface area contributed by atoms with E-state index in [9.17, 15) is 13.2 Å². The number of halogens is 3. The van der Waals surface area contributed by atoms with E-state index in [0.29, 0.717) is 6.54 Å². The van der Waals surface area contributed by atoms with Crippen molar-refractivity contribution in [1.29, 1.82) is 0 Å². The first-order valence-corrected chi connectivity index (χ1v) is 3.76. The van der Waals surface area contributed by atoms with Crippen LogP contribution in [0.25, 0.3) is 0 Å². The topological polar surface area (TPSA) is 12.0 Å². The highest BCUT2D eigenvalue weighted by Gasteiger charge is 2.34. The van der Waals surface area contributed by atoms with Gasteiger partial charge >= 0.3 is 6.18 Å². The second kappa shape index (κ2) is 4.59. The van der Waals surface area contributed by atoms with Gasteiger partial charge in [0.15, 0.2) is 0 Å². The molecule has 0 rings (SSSR count). The van der Waals surface area contributed by atoms with Crippen molar-refractivity contribution in [1.82, 2.24) is 5.32 Å². The Hall–Kier alpha value is -0.250. The van der Waals surface area contributed by atoms with Gasteiger partial charge in [-0.1, -0.05) is 13.8 Å². The lowest BCUT2D eigenvalue weighted by Crippen LogP contribution is -2.25. The number of nitrogens with one attached hydrogen (secondary N) is 1. The molecule has 0 aliphatic heterocycles. The maximum absolute atomic E-state index is 11.8. The summed E-state index contributed by atoms with van der Waals surface area (Å²) >= 11 is 0. The van der Waals surface area contributed by atoms with Crippen molar-refractivity contribution in [2.24, 2.45) is 5.92 Å². The van der Waals surface area contributed by atoms with E-state index in [1.54, 1.807) is 0 Å². The lowest BCUT2D eigenvalue weighted by molar-refractivity contribution is -0.170. The van der Waals surface area contributed by atoms with E-state index in [4.69, 9.17) is 0 Å². The summed E-state index contributed by atoms with van der Waals surface area (Å²) in [5.41, 5.74) is 0. The van der Waals surface area contributed by atoms with Gasteiger partial charge in [-0.25, -0.2) is 0 Å². The molecule has 0 bridgehead atoms. The number of hydrogen-bond acceptors (Lipinski definition) is 1. The van der Waals surface area contributed by atoms with Crippen LogP contribution in [0.15, 0.2) is 0 Å². The predicted octanol–water partition coefficient (Wildman–Crippen LogP) is 2.18. The number of alkyl halides is 3. The fourth-order valence-corrected chi connectivity index (χ4v) is 0.659. The molecule has 0 spiro atoms. The van der Waals surface area contributed by atoms with Gasteiger partial charge in [-0.15, -0.1) is 0 Å². The predicted molar refractivity (Wildman–Crippen MR) is 38.4 cm³/mol. The van der Waals surface area contributed by atoms with Gasteiger partial charge in [0.2, 0.25) is 0 Å². The second-order valence-corrected chi connectivity index (χ2v) is 2.58. The van der Waals surface area contributed by atoms with E-state index in [-0.39, 0.29) is 6.42 Å². The van der Waals surface area contributed by atoms with Crippen LogP contribution in [0.1, 0.15) is 20.3 Å². The fourth-order valence-electron chi connectivity index (χ4n) is 0.659. The zero-order valence-corrected chi connectivity index (χ0v) is 6.83. The van der Waals surface area contributed by atoms with Crippen molar-refractivity contribution in [3.8, 4) is 0 Å². The molecule has 0 aromatic rings. The van der Waals surface area contributed by atoms with Crippen molar-refractivity contribution >= 4 is 0 Å². The second-order valence-electron chi connectivity index (χ2n) is 2.58. The molecule has 4 heteroatoms. The molecule has 0 saturated carbocycles. The van der Waals surface area contributed by atoms with Crippen molar-refractivity contribution < 1.29 is 13.2 Å². The van der Waals surface area contributed by atoms with Crippen molar-refractivity contribution in [3.05, 3.63) is 0 Å². The Labute approximate surface area is 65.0 Å². The van der Waals surface area contributed by atoms with Crippen LogP contribution in [0.2, 0.25) is 0 Å². The summed E-state index contributed by atoms with van der Waals surface area (Å²) in [7, 11) is 0. The van der Waals surface area contributed by atoms with Crippen LogP contribution in [0.3, 0.4) is 0 Å². The van der Waals surface area contributed by atoms with E-state index in [0.717, 1.165) is 6.54 Å². The Morgan fingerprint density at radius 3 is 2.27 bits per heavy atom. The molecule has 1 N–H and O–H groups in total. The Balaban J connectivity index is 3.44. The quantitative estimate of drug-likeness (QED) is 0.636. The van der Waals surface area contributed by atoms with E-state index in [2.05, 4.69) is 5.32 Å². The van der Waals surface area contributed by atoms with Crippen molar-refractivity contribution in [2.75, 3.05) is 13.1 Å². The highest BCUT2D eigenvalue weighted by molar-refractivity contribution is 4.62. The highest BCUT2D eigenvalue weighted by atomic mass is 19.4. The molecule has 1 nitrogen and oxygen atoms in total. The molecule has 0 aliphatic rings. The van der Waals surface area contributed by atoms with Gasteiger partial charge in [-0.2, -0.15) is 13.2 Å². The molecule has 0 fully saturated rings. The molecule has 0 saturated heterocycles. The Kier molecular flexibility index (Phi) is 4.49. The molecular weight excluding hydrogens is 155 g/mol. The third-order valence-corrected chi connectivity index (χ3v) is 1.56. The van der Waals surface area contributed by atoms with Crippen molar-refractivity contribution in [2.45, 2.75) is 26.4 Å². The smallest absolute Gasteiger partial charge is 0.317 e. The maximum atomic E-state index is 11.8. The van der Waals surface area contributed by atoms with Crippen LogP contribution < -0.4 is 5.32 Å². The molecular formula is C7H14F3N. The third-order valence-electron chi connectivity index (χ3n) is 1.56. The number of hydrogen-bond donors (Lipinski definition) is 1. The molecule has 11 heavy (non-hydrogen) atoms. The van der Waals surface area contributed by atoms with E-state index in [1.807, 2.05) is 6.92 Å².